The summed E-state index contributed by atoms with van der Waals surface area (Å²) in [6.45, 7) is 0.975. The van der Waals surface area contributed by atoms with Gasteiger partial charge in [0.2, 0.25) is 0 Å². The van der Waals surface area contributed by atoms with E-state index >= 15 is 0 Å². The molecule has 0 saturated heterocycles. The molecule has 1 heterocycles. The number of aromatic nitrogens is 1. The second kappa shape index (κ2) is 8.69. The monoisotopic (exact) mass is 381 g/mol. The van der Waals surface area contributed by atoms with Gasteiger partial charge in [-0.1, -0.05) is 28.9 Å². The van der Waals surface area contributed by atoms with Crippen molar-refractivity contribution in [1.82, 2.24) is 4.57 Å². The van der Waals surface area contributed by atoms with Gasteiger partial charge in [0.25, 0.3) is 0 Å². The molecule has 109 valence electrons. The third kappa shape index (κ3) is 4.65. The van der Waals surface area contributed by atoms with Gasteiger partial charge in [-0.25, -0.2) is 0 Å². The van der Waals surface area contributed by atoms with Crippen LogP contribution in [0.2, 0.25) is 5.02 Å². The van der Waals surface area contributed by atoms with Crippen LogP contribution in [0.25, 0.3) is 11.3 Å². The average molecular weight is 382 g/mol. The van der Waals surface area contributed by atoms with Crippen LogP contribution in [0.4, 0.5) is 0 Å². The van der Waals surface area contributed by atoms with Crippen LogP contribution in [0, 0.1) is 6.07 Å². The molecule has 1 radical (unpaired) electrons. The van der Waals surface area contributed by atoms with Crippen molar-refractivity contribution in [3.8, 4) is 17.0 Å². The number of methoxy groups -OCH3 is 1. The van der Waals surface area contributed by atoms with E-state index in [1.165, 1.54) is 10.6 Å². The van der Waals surface area contributed by atoms with Crippen LogP contribution in [0.15, 0.2) is 35.1 Å². The van der Waals surface area contributed by atoms with E-state index < -0.39 is 0 Å². The number of benzene rings is 1. The number of halogens is 1. The Morgan fingerprint density at radius 1 is 1.29 bits per heavy atom. The van der Waals surface area contributed by atoms with Crippen molar-refractivity contribution in [2.24, 2.45) is 7.05 Å². The zero-order valence-corrected chi connectivity index (χ0v) is 15.5. The van der Waals surface area contributed by atoms with Gasteiger partial charge in [0.1, 0.15) is 12.4 Å². The Morgan fingerprint density at radius 3 is 2.71 bits per heavy atom. The Bertz CT molecular complexity index is 658. The minimum Gasteiger partial charge on any atom is -0.491 e. The molecule has 2 rings (SSSR count). The molecule has 0 aliphatic carbocycles. The first kappa shape index (κ1) is 18.4. The summed E-state index contributed by atoms with van der Waals surface area (Å²) >= 11 is 6.25. The second-order valence-corrected chi connectivity index (χ2v) is 4.61. The van der Waals surface area contributed by atoms with Crippen LogP contribution >= 0.6 is 11.6 Å². The van der Waals surface area contributed by atoms with Crippen LogP contribution < -0.4 is 10.3 Å². The van der Waals surface area contributed by atoms with Crippen molar-refractivity contribution in [3.63, 3.8) is 0 Å². The van der Waals surface area contributed by atoms with Gasteiger partial charge in [0, 0.05) is 46.9 Å². The fraction of sp³-hybridized carbons (Fsp3) is 0.267. The van der Waals surface area contributed by atoms with E-state index in [2.05, 4.69) is 6.07 Å². The Kier molecular flexibility index (Phi) is 7.60. The van der Waals surface area contributed by atoms with E-state index in [1.54, 1.807) is 26.3 Å². The van der Waals surface area contributed by atoms with Gasteiger partial charge >= 0.3 is 0 Å². The number of pyridine rings is 1. The van der Waals surface area contributed by atoms with Crippen LogP contribution in [-0.2, 0) is 44.5 Å². The summed E-state index contributed by atoms with van der Waals surface area (Å²) in [5.41, 5.74) is 1.28. The minimum atomic E-state index is -0.102. The molecule has 0 spiro atoms. The summed E-state index contributed by atoms with van der Waals surface area (Å²) in [6.07, 6.45) is 0. The molecule has 0 aliphatic heterocycles. The van der Waals surface area contributed by atoms with Crippen molar-refractivity contribution >= 4 is 11.6 Å². The summed E-state index contributed by atoms with van der Waals surface area (Å²) in [6, 6.07) is 11.4. The first-order chi connectivity index (χ1) is 9.63. The van der Waals surface area contributed by atoms with E-state index in [4.69, 9.17) is 21.1 Å². The van der Waals surface area contributed by atoms with E-state index in [-0.39, 0.29) is 38.3 Å². The fourth-order valence-corrected chi connectivity index (χ4v) is 2.05. The molecule has 2 aromatic rings. The SMILES string of the molecule is COCCOc1ccc(-c2[c-]ccc(=O)n2C)c(Cl)c1.[Y]. The number of rotatable bonds is 5. The van der Waals surface area contributed by atoms with Crippen molar-refractivity contribution < 1.29 is 42.2 Å². The van der Waals surface area contributed by atoms with Crippen molar-refractivity contribution in [2.75, 3.05) is 20.3 Å². The maximum absolute atomic E-state index is 11.6. The maximum atomic E-state index is 11.6. The van der Waals surface area contributed by atoms with E-state index in [0.717, 1.165) is 5.56 Å². The standard InChI is InChI=1S/C15H15ClNO3.Y/c1-17-14(4-3-5-15(17)18)12-7-6-11(10-13(12)16)20-9-8-19-2;/h3,5-7,10H,8-9H2,1-2H3;/q-1;. The Morgan fingerprint density at radius 2 is 2.05 bits per heavy atom. The predicted octanol–water partition coefficient (Wildman–Crippen LogP) is 2.53. The number of nitrogens with zero attached hydrogens (tertiary/aromatic N) is 1. The molecule has 0 amide bonds. The molecule has 21 heavy (non-hydrogen) atoms. The summed E-state index contributed by atoms with van der Waals surface area (Å²) in [7, 11) is 3.30. The normalized spacial score (nSPS) is 10.0. The molecule has 0 aliphatic rings. The third-order valence-corrected chi connectivity index (χ3v) is 3.18. The van der Waals surface area contributed by atoms with Gasteiger partial charge in [0.05, 0.1) is 6.61 Å². The molecule has 0 bridgehead atoms. The van der Waals surface area contributed by atoms with Crippen LogP contribution in [0.3, 0.4) is 0 Å². The quantitative estimate of drug-likeness (QED) is 0.590. The van der Waals surface area contributed by atoms with E-state index in [1.807, 2.05) is 12.1 Å². The Labute approximate surface area is 153 Å². The molecular formula is C15H15ClNO3Y-. The largest absolute Gasteiger partial charge is 0.491 e. The summed E-state index contributed by atoms with van der Waals surface area (Å²) in [5, 5.41) is 0.511. The fourth-order valence-electron chi connectivity index (χ4n) is 1.79. The molecular weight excluding hydrogens is 367 g/mol. The summed E-state index contributed by atoms with van der Waals surface area (Å²) in [4.78, 5) is 11.6. The van der Waals surface area contributed by atoms with Gasteiger partial charge in [-0.15, -0.1) is 6.07 Å². The Hall–Kier alpha value is -0.676. The first-order valence-corrected chi connectivity index (χ1v) is 6.50. The van der Waals surface area contributed by atoms with E-state index in [0.29, 0.717) is 29.7 Å². The van der Waals surface area contributed by atoms with Crippen LogP contribution in [-0.4, -0.2) is 24.9 Å². The van der Waals surface area contributed by atoms with E-state index in [9.17, 15) is 4.79 Å². The number of hydrogen-bond acceptors (Lipinski definition) is 3. The number of ether oxygens (including phenoxy) is 2. The van der Waals surface area contributed by atoms with Crippen LogP contribution in [0.5, 0.6) is 5.75 Å². The first-order valence-electron chi connectivity index (χ1n) is 6.13. The molecule has 0 atom stereocenters. The minimum absolute atomic E-state index is 0. The second-order valence-electron chi connectivity index (χ2n) is 4.21. The van der Waals surface area contributed by atoms with Crippen molar-refractivity contribution in [1.29, 1.82) is 0 Å². The van der Waals surface area contributed by atoms with Gasteiger partial charge in [-0.2, -0.15) is 12.1 Å². The van der Waals surface area contributed by atoms with Crippen molar-refractivity contribution in [3.05, 3.63) is 51.8 Å². The molecule has 0 fully saturated rings. The maximum Gasteiger partial charge on any atom is 0.194 e. The topological polar surface area (TPSA) is 40.5 Å². The molecule has 1 aromatic heterocycles. The van der Waals surface area contributed by atoms with Gasteiger partial charge in [0.15, 0.2) is 5.56 Å². The van der Waals surface area contributed by atoms with Crippen molar-refractivity contribution in [2.45, 2.75) is 0 Å². The molecule has 6 heteroatoms. The van der Waals surface area contributed by atoms with Crippen LogP contribution in [0.1, 0.15) is 0 Å². The summed E-state index contributed by atoms with van der Waals surface area (Å²) in [5.74, 6) is 0.664. The molecule has 0 N–H and O–H groups in total. The summed E-state index contributed by atoms with van der Waals surface area (Å²) < 4.78 is 11.9. The molecule has 0 saturated carbocycles. The average Bonchev–Trinajstić information content (AvgIpc) is 2.43. The third-order valence-electron chi connectivity index (χ3n) is 2.86. The molecule has 0 unspecified atom stereocenters. The van der Waals surface area contributed by atoms with Gasteiger partial charge < -0.3 is 14.0 Å². The zero-order chi connectivity index (χ0) is 14.5. The van der Waals surface area contributed by atoms with Gasteiger partial charge in [-0.05, 0) is 17.2 Å². The smallest absolute Gasteiger partial charge is 0.194 e. The van der Waals surface area contributed by atoms with Gasteiger partial charge in [-0.3, -0.25) is 4.79 Å². The Balaban J connectivity index is 0.00000220. The predicted molar refractivity (Wildman–Crippen MR) is 78.3 cm³/mol. The molecule has 4 nitrogen and oxygen atoms in total. The number of hydrogen-bond donors (Lipinski definition) is 0. The zero-order valence-electron chi connectivity index (χ0n) is 11.9. The molecule has 1 aromatic carbocycles.